The molecule has 0 spiro atoms. The van der Waals surface area contributed by atoms with Crippen LogP contribution in [0.2, 0.25) is 0 Å². The molecular weight excluding hydrogens is 481 g/mol. The zero-order valence-corrected chi connectivity index (χ0v) is 20.1. The summed E-state index contributed by atoms with van der Waals surface area (Å²) in [5.74, 6) is 2.07. The van der Waals surface area contributed by atoms with Crippen LogP contribution in [-0.2, 0) is 11.3 Å². The molecule has 2 heterocycles. The Morgan fingerprint density at radius 1 is 1.07 bits per heavy atom. The fraction of sp³-hybridized carbons (Fsp3) is 0.619. The van der Waals surface area contributed by atoms with Gasteiger partial charge in [-0.15, -0.1) is 24.0 Å². The minimum absolute atomic E-state index is 0. The molecule has 7 nitrogen and oxygen atoms in total. The van der Waals surface area contributed by atoms with Gasteiger partial charge in [0.25, 0.3) is 0 Å². The molecule has 0 aromatic heterocycles. The Morgan fingerprint density at radius 3 is 2.38 bits per heavy atom. The maximum atomic E-state index is 12.3. The molecule has 0 bridgehead atoms. The molecular formula is C21H34IN5O2. The number of benzene rings is 1. The molecule has 1 N–H and O–H groups in total. The Labute approximate surface area is 191 Å². The topological polar surface area (TPSA) is 60.4 Å². The standard InChI is InChI=1S/C21H33N5O2.HI/c1-17-12-18(14-19(13-17)28-3)15-23-21(22-2)26-10-8-24(9-11-26)16-20(27)25-6-4-5-7-25;/h12-14H,4-11,15-16H2,1-3H3,(H,22,23);1H. The van der Waals surface area contributed by atoms with E-state index in [0.29, 0.717) is 13.1 Å². The van der Waals surface area contributed by atoms with Crippen molar-refractivity contribution in [3.63, 3.8) is 0 Å². The summed E-state index contributed by atoms with van der Waals surface area (Å²) < 4.78 is 5.36. The summed E-state index contributed by atoms with van der Waals surface area (Å²) in [5, 5.41) is 3.46. The zero-order chi connectivity index (χ0) is 19.9. The van der Waals surface area contributed by atoms with E-state index < -0.39 is 0 Å². The van der Waals surface area contributed by atoms with E-state index in [9.17, 15) is 4.79 Å². The number of nitrogens with zero attached hydrogens (tertiary/aromatic N) is 4. The summed E-state index contributed by atoms with van der Waals surface area (Å²) in [6, 6.07) is 6.24. The van der Waals surface area contributed by atoms with Crippen LogP contribution < -0.4 is 10.1 Å². The van der Waals surface area contributed by atoms with Crippen molar-refractivity contribution in [2.45, 2.75) is 26.3 Å². The second-order valence-electron chi connectivity index (χ2n) is 7.61. The second kappa shape index (κ2) is 11.6. The summed E-state index contributed by atoms with van der Waals surface area (Å²) >= 11 is 0. The van der Waals surface area contributed by atoms with Crippen LogP contribution in [0.5, 0.6) is 5.75 Å². The number of aliphatic imine (C=N–C) groups is 1. The molecule has 2 aliphatic heterocycles. The fourth-order valence-corrected chi connectivity index (χ4v) is 3.93. The molecule has 1 amide bonds. The van der Waals surface area contributed by atoms with Gasteiger partial charge in [-0.25, -0.2) is 0 Å². The van der Waals surface area contributed by atoms with Crippen molar-refractivity contribution in [1.29, 1.82) is 0 Å². The number of guanidine groups is 1. The van der Waals surface area contributed by atoms with E-state index in [4.69, 9.17) is 4.74 Å². The van der Waals surface area contributed by atoms with Crippen LogP contribution in [-0.4, -0.2) is 86.5 Å². The van der Waals surface area contributed by atoms with Gasteiger partial charge in [-0.3, -0.25) is 14.7 Å². The van der Waals surface area contributed by atoms with Crippen LogP contribution in [0.25, 0.3) is 0 Å². The Kier molecular flexibility index (Phi) is 9.48. The lowest BCUT2D eigenvalue weighted by molar-refractivity contribution is -0.131. The van der Waals surface area contributed by atoms with Gasteiger partial charge in [0.05, 0.1) is 13.7 Å². The molecule has 2 fully saturated rings. The first-order valence-electron chi connectivity index (χ1n) is 10.2. The summed E-state index contributed by atoms with van der Waals surface area (Å²) in [6.07, 6.45) is 2.29. The first-order chi connectivity index (χ1) is 13.6. The van der Waals surface area contributed by atoms with Gasteiger partial charge in [0, 0.05) is 52.9 Å². The predicted octanol–water partition coefficient (Wildman–Crippen LogP) is 1.94. The molecule has 2 saturated heterocycles. The number of aryl methyl sites for hydroxylation is 1. The van der Waals surface area contributed by atoms with Crippen LogP contribution in [0.1, 0.15) is 24.0 Å². The lowest BCUT2D eigenvalue weighted by Gasteiger charge is -2.36. The van der Waals surface area contributed by atoms with Crippen LogP contribution in [0.4, 0.5) is 0 Å². The number of piperazine rings is 1. The Balaban J connectivity index is 0.00000300. The van der Waals surface area contributed by atoms with Crippen LogP contribution >= 0.6 is 24.0 Å². The van der Waals surface area contributed by atoms with Crippen molar-refractivity contribution in [2.24, 2.45) is 4.99 Å². The van der Waals surface area contributed by atoms with Crippen molar-refractivity contribution >= 4 is 35.8 Å². The van der Waals surface area contributed by atoms with E-state index in [-0.39, 0.29) is 29.9 Å². The second-order valence-corrected chi connectivity index (χ2v) is 7.61. The summed E-state index contributed by atoms with van der Waals surface area (Å²) in [7, 11) is 3.52. The number of methoxy groups -OCH3 is 1. The molecule has 1 aromatic rings. The highest BCUT2D eigenvalue weighted by molar-refractivity contribution is 14.0. The Bertz CT molecular complexity index is 698. The molecule has 0 atom stereocenters. The van der Waals surface area contributed by atoms with E-state index in [1.165, 1.54) is 11.1 Å². The zero-order valence-electron chi connectivity index (χ0n) is 17.8. The predicted molar refractivity (Wildman–Crippen MR) is 127 cm³/mol. The Hall–Kier alpha value is -1.55. The number of hydrogen-bond donors (Lipinski definition) is 1. The van der Waals surface area contributed by atoms with E-state index in [0.717, 1.165) is 63.8 Å². The van der Waals surface area contributed by atoms with E-state index in [2.05, 4.69) is 39.2 Å². The van der Waals surface area contributed by atoms with Gasteiger partial charge in [0.2, 0.25) is 5.91 Å². The van der Waals surface area contributed by atoms with Crippen LogP contribution in [0.3, 0.4) is 0 Å². The smallest absolute Gasteiger partial charge is 0.236 e. The van der Waals surface area contributed by atoms with Gasteiger partial charge >= 0.3 is 0 Å². The highest BCUT2D eigenvalue weighted by Gasteiger charge is 2.24. The number of rotatable bonds is 5. The van der Waals surface area contributed by atoms with Gasteiger partial charge in [-0.05, 0) is 43.0 Å². The number of nitrogens with one attached hydrogen (secondary N) is 1. The molecule has 8 heteroatoms. The quantitative estimate of drug-likeness (QED) is 0.369. The maximum absolute atomic E-state index is 12.3. The molecule has 3 rings (SSSR count). The normalized spacial score (nSPS) is 17.8. The van der Waals surface area contributed by atoms with Crippen molar-refractivity contribution in [3.05, 3.63) is 29.3 Å². The number of amides is 1. The van der Waals surface area contributed by atoms with Crippen molar-refractivity contribution in [3.8, 4) is 5.75 Å². The third-order valence-corrected chi connectivity index (χ3v) is 5.50. The highest BCUT2D eigenvalue weighted by atomic mass is 127. The minimum atomic E-state index is 0. The number of carbonyl (C=O) groups excluding carboxylic acids is 1. The third kappa shape index (κ3) is 6.74. The molecule has 1 aromatic carbocycles. The number of hydrogen-bond acceptors (Lipinski definition) is 4. The number of likely N-dealkylation sites (tertiary alicyclic amines) is 1. The molecule has 0 aliphatic carbocycles. The fourth-order valence-electron chi connectivity index (χ4n) is 3.93. The van der Waals surface area contributed by atoms with Crippen molar-refractivity contribution in [1.82, 2.24) is 20.0 Å². The van der Waals surface area contributed by atoms with Crippen molar-refractivity contribution in [2.75, 3.05) is 60.0 Å². The molecule has 0 unspecified atom stereocenters. The lowest BCUT2D eigenvalue weighted by atomic mass is 10.1. The van der Waals surface area contributed by atoms with Gasteiger partial charge in [0.1, 0.15) is 5.75 Å². The molecule has 0 radical (unpaired) electrons. The average Bonchev–Trinajstić information content (AvgIpc) is 3.24. The van der Waals surface area contributed by atoms with Gasteiger partial charge < -0.3 is 19.9 Å². The average molecular weight is 515 g/mol. The van der Waals surface area contributed by atoms with Gasteiger partial charge in [-0.2, -0.15) is 0 Å². The minimum Gasteiger partial charge on any atom is -0.497 e. The molecule has 0 saturated carbocycles. The Morgan fingerprint density at radius 2 is 1.76 bits per heavy atom. The summed E-state index contributed by atoms with van der Waals surface area (Å²) in [4.78, 5) is 23.3. The summed E-state index contributed by atoms with van der Waals surface area (Å²) in [6.45, 7) is 8.72. The van der Waals surface area contributed by atoms with Crippen LogP contribution in [0, 0.1) is 6.92 Å². The first kappa shape index (κ1) is 23.7. The first-order valence-corrected chi connectivity index (χ1v) is 10.2. The number of ether oxygens (including phenoxy) is 1. The van der Waals surface area contributed by atoms with E-state index >= 15 is 0 Å². The molecule has 2 aliphatic rings. The SMILES string of the molecule is CN=C(NCc1cc(C)cc(OC)c1)N1CCN(CC(=O)N2CCCC2)CC1.I. The summed E-state index contributed by atoms with van der Waals surface area (Å²) in [5.41, 5.74) is 2.36. The third-order valence-electron chi connectivity index (χ3n) is 5.50. The number of carbonyl (C=O) groups is 1. The molecule has 162 valence electrons. The van der Waals surface area contributed by atoms with Gasteiger partial charge in [-0.1, -0.05) is 6.07 Å². The largest absolute Gasteiger partial charge is 0.497 e. The lowest BCUT2D eigenvalue weighted by Crippen LogP contribution is -2.54. The van der Waals surface area contributed by atoms with E-state index in [1.54, 1.807) is 7.11 Å². The number of halogens is 1. The monoisotopic (exact) mass is 515 g/mol. The van der Waals surface area contributed by atoms with Crippen LogP contribution in [0.15, 0.2) is 23.2 Å². The molecule has 29 heavy (non-hydrogen) atoms. The van der Waals surface area contributed by atoms with Crippen molar-refractivity contribution < 1.29 is 9.53 Å². The van der Waals surface area contributed by atoms with E-state index in [1.807, 2.05) is 18.0 Å². The maximum Gasteiger partial charge on any atom is 0.236 e. The van der Waals surface area contributed by atoms with Gasteiger partial charge in [0.15, 0.2) is 5.96 Å². The highest BCUT2D eigenvalue weighted by Crippen LogP contribution is 2.16.